The molecule has 2 rings (SSSR count). The molecule has 0 aliphatic carbocycles. The first-order valence-corrected chi connectivity index (χ1v) is 9.28. The van der Waals surface area contributed by atoms with Gasteiger partial charge in [-0.1, -0.05) is 6.07 Å². The fourth-order valence-corrected chi connectivity index (χ4v) is 3.25. The van der Waals surface area contributed by atoms with Crippen LogP contribution in [0.15, 0.2) is 23.1 Å². The third kappa shape index (κ3) is 5.19. The van der Waals surface area contributed by atoms with Crippen LogP contribution in [0.4, 0.5) is 4.39 Å². The largest absolute Gasteiger partial charge is 0.340 e. The summed E-state index contributed by atoms with van der Waals surface area (Å²) >= 11 is 1.42. The normalized spacial score (nSPS) is 17.3. The molecule has 0 saturated carbocycles. The SMILES string of the molecule is CSc1ccc([C@@H](C)NCCN2CCN(C(C)=O)CC2)cc1F. The van der Waals surface area contributed by atoms with Crippen LogP contribution in [0.3, 0.4) is 0 Å². The summed E-state index contributed by atoms with van der Waals surface area (Å²) in [6.07, 6.45) is 1.88. The van der Waals surface area contributed by atoms with E-state index in [1.165, 1.54) is 11.8 Å². The number of piperazine rings is 1. The first kappa shape index (κ1) is 18.2. The summed E-state index contributed by atoms with van der Waals surface area (Å²) in [6.45, 7) is 8.95. The molecule has 0 unspecified atom stereocenters. The monoisotopic (exact) mass is 339 g/mol. The Kier molecular flexibility index (Phi) is 6.87. The Morgan fingerprint density at radius 2 is 2.04 bits per heavy atom. The van der Waals surface area contributed by atoms with Gasteiger partial charge >= 0.3 is 0 Å². The van der Waals surface area contributed by atoms with Crippen molar-refractivity contribution < 1.29 is 9.18 Å². The highest BCUT2D eigenvalue weighted by molar-refractivity contribution is 7.98. The number of carbonyl (C=O) groups excluding carboxylic acids is 1. The second-order valence-corrected chi connectivity index (χ2v) is 6.77. The number of amides is 1. The molecule has 1 amide bonds. The van der Waals surface area contributed by atoms with Crippen molar-refractivity contribution in [1.82, 2.24) is 15.1 Å². The van der Waals surface area contributed by atoms with E-state index in [1.807, 2.05) is 23.3 Å². The molecular formula is C17H26FN3OS. The number of benzene rings is 1. The fraction of sp³-hybridized carbons (Fsp3) is 0.588. The van der Waals surface area contributed by atoms with Gasteiger partial charge in [0.2, 0.25) is 5.91 Å². The fourth-order valence-electron chi connectivity index (χ4n) is 2.80. The zero-order valence-electron chi connectivity index (χ0n) is 14.1. The number of rotatable bonds is 6. The highest BCUT2D eigenvalue weighted by Gasteiger charge is 2.18. The van der Waals surface area contributed by atoms with Crippen molar-refractivity contribution in [2.45, 2.75) is 24.8 Å². The summed E-state index contributed by atoms with van der Waals surface area (Å²) in [5, 5.41) is 3.45. The average molecular weight is 339 g/mol. The molecule has 1 atom stereocenters. The van der Waals surface area contributed by atoms with Gasteiger partial charge in [0, 0.05) is 57.1 Å². The number of hydrogen-bond acceptors (Lipinski definition) is 4. The predicted molar refractivity (Wildman–Crippen MR) is 93.3 cm³/mol. The lowest BCUT2D eigenvalue weighted by atomic mass is 10.1. The van der Waals surface area contributed by atoms with Crippen molar-refractivity contribution in [2.24, 2.45) is 0 Å². The zero-order valence-corrected chi connectivity index (χ0v) is 15.0. The minimum atomic E-state index is -0.149. The molecule has 0 radical (unpaired) electrons. The molecule has 1 aromatic rings. The Balaban J connectivity index is 1.74. The van der Waals surface area contributed by atoms with E-state index in [1.54, 1.807) is 13.0 Å². The summed E-state index contributed by atoms with van der Waals surface area (Å²) in [7, 11) is 0. The maximum atomic E-state index is 13.8. The average Bonchev–Trinajstić information content (AvgIpc) is 2.55. The third-order valence-electron chi connectivity index (χ3n) is 4.37. The first-order valence-electron chi connectivity index (χ1n) is 8.06. The minimum absolute atomic E-state index is 0.124. The topological polar surface area (TPSA) is 35.6 Å². The van der Waals surface area contributed by atoms with Crippen LogP contribution in [-0.4, -0.2) is 61.2 Å². The quantitative estimate of drug-likeness (QED) is 0.807. The number of nitrogens with one attached hydrogen (secondary N) is 1. The van der Waals surface area contributed by atoms with Crippen molar-refractivity contribution in [3.63, 3.8) is 0 Å². The highest BCUT2D eigenvalue weighted by atomic mass is 32.2. The molecule has 23 heavy (non-hydrogen) atoms. The van der Waals surface area contributed by atoms with Crippen LogP contribution in [0.1, 0.15) is 25.5 Å². The van der Waals surface area contributed by atoms with Gasteiger partial charge < -0.3 is 10.2 Å². The number of hydrogen-bond donors (Lipinski definition) is 1. The van der Waals surface area contributed by atoms with Gasteiger partial charge in [-0.2, -0.15) is 0 Å². The molecule has 128 valence electrons. The second-order valence-electron chi connectivity index (χ2n) is 5.92. The number of nitrogens with zero attached hydrogens (tertiary/aromatic N) is 2. The van der Waals surface area contributed by atoms with E-state index >= 15 is 0 Å². The van der Waals surface area contributed by atoms with Crippen LogP contribution >= 0.6 is 11.8 Å². The van der Waals surface area contributed by atoms with E-state index in [4.69, 9.17) is 0 Å². The molecule has 1 aliphatic heterocycles. The Hall–Kier alpha value is -1.11. The van der Waals surface area contributed by atoms with Gasteiger partial charge in [-0.3, -0.25) is 9.69 Å². The molecular weight excluding hydrogens is 313 g/mol. The summed E-state index contributed by atoms with van der Waals surface area (Å²) < 4.78 is 13.8. The van der Waals surface area contributed by atoms with Gasteiger partial charge in [0.05, 0.1) is 0 Å². The Labute approximate surface area is 142 Å². The van der Waals surface area contributed by atoms with Crippen LogP contribution in [0.2, 0.25) is 0 Å². The van der Waals surface area contributed by atoms with Crippen molar-refractivity contribution in [3.8, 4) is 0 Å². The molecule has 0 aromatic heterocycles. The van der Waals surface area contributed by atoms with Gasteiger partial charge in [-0.25, -0.2) is 4.39 Å². The van der Waals surface area contributed by atoms with Gasteiger partial charge in [0.15, 0.2) is 0 Å². The smallest absolute Gasteiger partial charge is 0.219 e. The van der Waals surface area contributed by atoms with Crippen molar-refractivity contribution >= 4 is 17.7 Å². The molecule has 1 fully saturated rings. The molecule has 1 aromatic carbocycles. The Morgan fingerprint density at radius 1 is 1.35 bits per heavy atom. The zero-order chi connectivity index (χ0) is 16.8. The number of halogens is 1. The number of thioether (sulfide) groups is 1. The lowest BCUT2D eigenvalue weighted by molar-refractivity contribution is -0.130. The van der Waals surface area contributed by atoms with E-state index in [0.29, 0.717) is 4.90 Å². The van der Waals surface area contributed by atoms with E-state index in [0.717, 1.165) is 44.8 Å². The highest BCUT2D eigenvalue weighted by Crippen LogP contribution is 2.22. The van der Waals surface area contributed by atoms with Crippen molar-refractivity contribution in [2.75, 3.05) is 45.5 Å². The molecule has 1 saturated heterocycles. The number of carbonyl (C=O) groups is 1. The van der Waals surface area contributed by atoms with Gasteiger partial charge in [-0.05, 0) is 30.9 Å². The molecule has 4 nitrogen and oxygen atoms in total. The predicted octanol–water partition coefficient (Wildman–Crippen LogP) is 2.36. The maximum absolute atomic E-state index is 13.8. The molecule has 0 bridgehead atoms. The van der Waals surface area contributed by atoms with Gasteiger partial charge in [0.25, 0.3) is 0 Å². The molecule has 1 aliphatic rings. The van der Waals surface area contributed by atoms with Crippen LogP contribution in [0.25, 0.3) is 0 Å². The van der Waals surface area contributed by atoms with E-state index in [-0.39, 0.29) is 17.8 Å². The van der Waals surface area contributed by atoms with Gasteiger partial charge in [-0.15, -0.1) is 11.8 Å². The summed E-state index contributed by atoms with van der Waals surface area (Å²) in [6, 6.07) is 5.57. The molecule has 1 N–H and O–H groups in total. The van der Waals surface area contributed by atoms with E-state index in [2.05, 4.69) is 17.1 Å². The molecule has 1 heterocycles. The van der Waals surface area contributed by atoms with Crippen molar-refractivity contribution in [1.29, 1.82) is 0 Å². The molecule has 6 heteroatoms. The third-order valence-corrected chi connectivity index (χ3v) is 5.14. The Morgan fingerprint density at radius 3 is 2.61 bits per heavy atom. The lowest BCUT2D eigenvalue weighted by Gasteiger charge is -2.34. The van der Waals surface area contributed by atoms with E-state index < -0.39 is 0 Å². The summed E-state index contributed by atoms with van der Waals surface area (Å²) in [5.74, 6) is 0.0103. The minimum Gasteiger partial charge on any atom is -0.340 e. The van der Waals surface area contributed by atoms with Crippen LogP contribution in [0, 0.1) is 5.82 Å². The molecule has 0 spiro atoms. The van der Waals surface area contributed by atoms with Crippen LogP contribution in [0.5, 0.6) is 0 Å². The maximum Gasteiger partial charge on any atom is 0.219 e. The van der Waals surface area contributed by atoms with E-state index in [9.17, 15) is 9.18 Å². The summed E-state index contributed by atoms with van der Waals surface area (Å²) in [4.78, 5) is 16.2. The first-order chi connectivity index (χ1) is 11.0. The second kappa shape index (κ2) is 8.66. The standard InChI is InChI=1S/C17H26FN3OS/c1-13(15-4-5-17(23-3)16(18)12-15)19-6-7-20-8-10-21(11-9-20)14(2)22/h4-5,12-13,19H,6-11H2,1-3H3/t13-/m1/s1. The van der Waals surface area contributed by atoms with Crippen LogP contribution < -0.4 is 5.32 Å². The van der Waals surface area contributed by atoms with Crippen LogP contribution in [-0.2, 0) is 4.79 Å². The van der Waals surface area contributed by atoms with Gasteiger partial charge in [0.1, 0.15) is 5.82 Å². The lowest BCUT2D eigenvalue weighted by Crippen LogP contribution is -2.49. The summed E-state index contributed by atoms with van der Waals surface area (Å²) in [5.41, 5.74) is 0.974. The van der Waals surface area contributed by atoms with Crippen molar-refractivity contribution in [3.05, 3.63) is 29.6 Å². The Bertz CT molecular complexity index is 533.